The van der Waals surface area contributed by atoms with Crippen molar-refractivity contribution in [2.75, 3.05) is 12.8 Å². The molecule has 23 heavy (non-hydrogen) atoms. The Labute approximate surface area is 135 Å². The number of benzene rings is 1. The van der Waals surface area contributed by atoms with Crippen molar-refractivity contribution in [3.63, 3.8) is 0 Å². The Kier molecular flexibility index (Phi) is 5.18. The number of rotatable bonds is 6. The second-order valence-electron chi connectivity index (χ2n) is 5.30. The normalized spacial score (nSPS) is 12.0. The van der Waals surface area contributed by atoms with E-state index in [-0.39, 0.29) is 0 Å². The molecular weight excluding hydrogens is 294 g/mol. The van der Waals surface area contributed by atoms with Gasteiger partial charge < -0.3 is 20.9 Å². The number of carbonyl (C=O) groups excluding carboxylic acids is 1. The van der Waals surface area contributed by atoms with Gasteiger partial charge in [0.15, 0.2) is 6.10 Å². The number of hydrogen-bond acceptors (Lipinski definition) is 5. The highest BCUT2D eigenvalue weighted by molar-refractivity contribution is 5.79. The molecule has 0 saturated carbocycles. The summed E-state index contributed by atoms with van der Waals surface area (Å²) in [5.41, 5.74) is 15.3. The first kappa shape index (κ1) is 16.8. The molecule has 6 nitrogen and oxygen atoms in total. The van der Waals surface area contributed by atoms with E-state index in [1.54, 1.807) is 12.3 Å². The van der Waals surface area contributed by atoms with Crippen LogP contribution in [-0.4, -0.2) is 18.0 Å². The summed E-state index contributed by atoms with van der Waals surface area (Å²) in [6.07, 6.45) is 0.736. The predicted molar refractivity (Wildman–Crippen MR) is 87.8 cm³/mol. The summed E-state index contributed by atoms with van der Waals surface area (Å²) in [5, 5.41) is 0. The van der Waals surface area contributed by atoms with E-state index in [9.17, 15) is 4.79 Å². The zero-order valence-electron chi connectivity index (χ0n) is 13.5. The van der Waals surface area contributed by atoms with Gasteiger partial charge in [-0.25, -0.2) is 0 Å². The van der Waals surface area contributed by atoms with Crippen LogP contribution in [0.2, 0.25) is 0 Å². The van der Waals surface area contributed by atoms with E-state index >= 15 is 0 Å². The standard InChI is InChI=1S/C17H21N3O3/c1-10-11(2)15(5-4-13(10)18)23-9-12-6-7-20-14(8-12)16(22-3)17(19)21/h4-8,16H,9,18H2,1-3H3,(H2,19,21). The molecule has 0 aliphatic rings. The summed E-state index contributed by atoms with van der Waals surface area (Å²) >= 11 is 0. The molecule has 1 amide bonds. The number of amides is 1. The number of aromatic nitrogens is 1. The van der Waals surface area contributed by atoms with E-state index in [2.05, 4.69) is 4.98 Å². The number of nitrogens with two attached hydrogens (primary N) is 2. The smallest absolute Gasteiger partial charge is 0.252 e. The first-order valence-corrected chi connectivity index (χ1v) is 7.19. The van der Waals surface area contributed by atoms with Crippen molar-refractivity contribution in [2.45, 2.75) is 26.6 Å². The number of methoxy groups -OCH3 is 1. The third-order valence-electron chi connectivity index (χ3n) is 3.78. The monoisotopic (exact) mass is 315 g/mol. The Morgan fingerprint density at radius 2 is 2.00 bits per heavy atom. The molecule has 2 aromatic rings. The predicted octanol–water partition coefficient (Wildman–Crippen LogP) is 2.03. The van der Waals surface area contributed by atoms with E-state index in [0.29, 0.717) is 12.3 Å². The number of primary amides is 1. The van der Waals surface area contributed by atoms with Gasteiger partial charge in [-0.3, -0.25) is 9.78 Å². The van der Waals surface area contributed by atoms with Gasteiger partial charge in [0.05, 0.1) is 5.69 Å². The van der Waals surface area contributed by atoms with Crippen LogP contribution >= 0.6 is 0 Å². The summed E-state index contributed by atoms with van der Waals surface area (Å²) in [7, 11) is 1.42. The average Bonchev–Trinajstić information content (AvgIpc) is 2.53. The van der Waals surface area contributed by atoms with Crippen molar-refractivity contribution >= 4 is 11.6 Å². The molecule has 1 unspecified atom stereocenters. The molecular formula is C17H21N3O3. The molecule has 2 rings (SSSR count). The topological polar surface area (TPSA) is 100 Å². The first-order chi connectivity index (χ1) is 10.9. The highest BCUT2D eigenvalue weighted by atomic mass is 16.5. The molecule has 4 N–H and O–H groups in total. The summed E-state index contributed by atoms with van der Waals surface area (Å²) in [6, 6.07) is 7.24. The van der Waals surface area contributed by atoms with Gasteiger partial charge in [-0.05, 0) is 54.8 Å². The van der Waals surface area contributed by atoms with Gasteiger partial charge in [-0.15, -0.1) is 0 Å². The van der Waals surface area contributed by atoms with Gasteiger partial charge in [-0.1, -0.05) is 0 Å². The molecule has 122 valence electrons. The van der Waals surface area contributed by atoms with Gasteiger partial charge in [-0.2, -0.15) is 0 Å². The van der Waals surface area contributed by atoms with E-state index in [1.165, 1.54) is 7.11 Å². The molecule has 0 spiro atoms. The zero-order chi connectivity index (χ0) is 17.0. The number of carbonyl (C=O) groups is 1. The van der Waals surface area contributed by atoms with Crippen LogP contribution < -0.4 is 16.2 Å². The van der Waals surface area contributed by atoms with Crippen LogP contribution in [0, 0.1) is 13.8 Å². The fraction of sp³-hybridized carbons (Fsp3) is 0.294. The first-order valence-electron chi connectivity index (χ1n) is 7.19. The Bertz CT molecular complexity index is 716. The summed E-state index contributed by atoms with van der Waals surface area (Å²) < 4.78 is 10.9. The highest BCUT2D eigenvalue weighted by Gasteiger charge is 2.18. The summed E-state index contributed by atoms with van der Waals surface area (Å²) in [5.74, 6) is 0.191. The van der Waals surface area contributed by atoms with Gasteiger partial charge in [0.2, 0.25) is 0 Å². The maximum absolute atomic E-state index is 11.3. The molecule has 0 saturated heterocycles. The Morgan fingerprint density at radius 1 is 1.26 bits per heavy atom. The fourth-order valence-electron chi connectivity index (χ4n) is 2.24. The van der Waals surface area contributed by atoms with Gasteiger partial charge in [0.1, 0.15) is 12.4 Å². The van der Waals surface area contributed by atoms with Crippen molar-refractivity contribution in [2.24, 2.45) is 5.73 Å². The van der Waals surface area contributed by atoms with E-state index in [4.69, 9.17) is 20.9 Å². The molecule has 1 aromatic carbocycles. The van der Waals surface area contributed by atoms with Gasteiger partial charge in [0.25, 0.3) is 5.91 Å². The molecule has 0 fully saturated rings. The van der Waals surface area contributed by atoms with Gasteiger partial charge in [0, 0.05) is 19.0 Å². The largest absolute Gasteiger partial charge is 0.489 e. The van der Waals surface area contributed by atoms with E-state index in [0.717, 1.165) is 28.1 Å². The molecule has 1 atom stereocenters. The zero-order valence-corrected chi connectivity index (χ0v) is 13.5. The van der Waals surface area contributed by atoms with E-state index < -0.39 is 12.0 Å². The van der Waals surface area contributed by atoms with Crippen molar-refractivity contribution in [1.29, 1.82) is 0 Å². The third-order valence-corrected chi connectivity index (χ3v) is 3.78. The number of pyridine rings is 1. The Hall–Kier alpha value is -2.60. The lowest BCUT2D eigenvalue weighted by molar-refractivity contribution is -0.128. The molecule has 1 aromatic heterocycles. The quantitative estimate of drug-likeness (QED) is 0.794. The minimum absolute atomic E-state index is 0.342. The number of anilines is 1. The minimum Gasteiger partial charge on any atom is -0.489 e. The maximum Gasteiger partial charge on any atom is 0.252 e. The Morgan fingerprint density at radius 3 is 2.65 bits per heavy atom. The molecule has 0 bridgehead atoms. The number of ether oxygens (including phenoxy) is 2. The van der Waals surface area contributed by atoms with E-state index in [1.807, 2.05) is 32.0 Å². The average molecular weight is 315 g/mol. The van der Waals surface area contributed by atoms with Crippen LogP contribution in [0.1, 0.15) is 28.5 Å². The molecule has 1 heterocycles. The van der Waals surface area contributed by atoms with Gasteiger partial charge >= 0.3 is 0 Å². The highest BCUT2D eigenvalue weighted by Crippen LogP contribution is 2.26. The molecule has 0 aliphatic heterocycles. The lowest BCUT2D eigenvalue weighted by Crippen LogP contribution is -2.23. The number of nitrogens with zero attached hydrogens (tertiary/aromatic N) is 1. The van der Waals surface area contributed by atoms with Crippen LogP contribution in [0.25, 0.3) is 0 Å². The number of nitrogen functional groups attached to an aromatic ring is 1. The third kappa shape index (κ3) is 3.78. The fourth-order valence-corrected chi connectivity index (χ4v) is 2.24. The second kappa shape index (κ2) is 7.11. The van der Waals surface area contributed by atoms with Crippen molar-refractivity contribution in [1.82, 2.24) is 4.98 Å². The van der Waals surface area contributed by atoms with Crippen molar-refractivity contribution in [3.8, 4) is 5.75 Å². The van der Waals surface area contributed by atoms with Crippen LogP contribution in [-0.2, 0) is 16.1 Å². The van der Waals surface area contributed by atoms with Crippen LogP contribution in [0.5, 0.6) is 5.75 Å². The Balaban J connectivity index is 2.16. The molecule has 0 aliphatic carbocycles. The lowest BCUT2D eigenvalue weighted by Gasteiger charge is -2.14. The summed E-state index contributed by atoms with van der Waals surface area (Å²) in [4.78, 5) is 15.5. The second-order valence-corrected chi connectivity index (χ2v) is 5.30. The molecule has 6 heteroatoms. The minimum atomic E-state index is -0.865. The lowest BCUT2D eigenvalue weighted by atomic mass is 10.1. The van der Waals surface area contributed by atoms with Crippen molar-refractivity contribution in [3.05, 3.63) is 52.8 Å². The SMILES string of the molecule is COC(C(N)=O)c1cc(COc2ccc(N)c(C)c2C)ccn1. The van der Waals surface area contributed by atoms with Crippen molar-refractivity contribution < 1.29 is 14.3 Å². The van der Waals surface area contributed by atoms with Crippen LogP contribution in [0.15, 0.2) is 30.5 Å². The maximum atomic E-state index is 11.3. The summed E-state index contributed by atoms with van der Waals surface area (Å²) in [6.45, 7) is 4.26. The number of hydrogen-bond donors (Lipinski definition) is 2. The van der Waals surface area contributed by atoms with Crippen LogP contribution in [0.3, 0.4) is 0 Å². The molecule has 0 radical (unpaired) electrons. The van der Waals surface area contributed by atoms with Crippen LogP contribution in [0.4, 0.5) is 5.69 Å².